The number of fused-ring (bicyclic) bond motifs is 2. The highest BCUT2D eigenvalue weighted by atomic mass is 19.1. The number of halogens is 1. The van der Waals surface area contributed by atoms with Crippen LogP contribution in [-0.2, 0) is 19.7 Å². The summed E-state index contributed by atoms with van der Waals surface area (Å²) in [5.41, 5.74) is 1.24. The minimum Gasteiger partial charge on any atom is -0.491 e. The normalized spacial score (nSPS) is 26.0. The molecule has 2 aliphatic rings. The third-order valence-electron chi connectivity index (χ3n) is 7.40. The molecule has 1 aliphatic carbocycles. The maximum Gasteiger partial charge on any atom is 0.305 e. The van der Waals surface area contributed by atoms with E-state index in [0.29, 0.717) is 24.7 Å². The molecule has 0 amide bonds. The Hall–Kier alpha value is -2.96. The molecular weight excluding hydrogens is 459 g/mol. The summed E-state index contributed by atoms with van der Waals surface area (Å²) >= 11 is 0. The second kappa shape index (κ2) is 12.3. The predicted molar refractivity (Wildman–Crippen MR) is 136 cm³/mol. The largest absolute Gasteiger partial charge is 0.491 e. The van der Waals surface area contributed by atoms with Crippen LogP contribution in [0.3, 0.4) is 0 Å². The van der Waals surface area contributed by atoms with Crippen LogP contribution in [0.5, 0.6) is 5.75 Å². The van der Waals surface area contributed by atoms with Crippen LogP contribution in [0.15, 0.2) is 78.9 Å². The number of allylic oxidation sites excluding steroid dienone is 2. The number of carbonyl (C=O) groups is 1. The minimum absolute atomic E-state index is 0.0626. The Kier molecular flexibility index (Phi) is 8.94. The molecule has 0 aromatic heterocycles. The lowest BCUT2D eigenvalue weighted by Gasteiger charge is -2.38. The number of carbonyl (C=O) groups excluding carboxylic acids is 1. The third kappa shape index (κ3) is 6.23. The highest BCUT2D eigenvalue weighted by Crippen LogP contribution is 2.57. The van der Waals surface area contributed by atoms with Gasteiger partial charge in [0.1, 0.15) is 24.3 Å². The zero-order valence-corrected chi connectivity index (χ0v) is 20.7. The molecule has 192 valence electrons. The standard InChI is InChI=1S/C30H35FO5/c1-34-29(33)12-8-3-2-7-11-27-26(18-15-24(32)20-35-25-16-13-23(31)14-17-25)28-19-30(27,21-36-28)22-9-5-4-6-10-22/h2,4-7,9-10,13-18,24,26-28,32H,3,8,11-12,19-21H2,1H3/b7-2-,18-15+/t24-,26+,27+,28+,30+/m1/s1. The number of rotatable bonds is 12. The van der Waals surface area contributed by atoms with Gasteiger partial charge < -0.3 is 19.3 Å². The van der Waals surface area contributed by atoms with Crippen LogP contribution >= 0.6 is 0 Å². The lowest BCUT2D eigenvalue weighted by molar-refractivity contribution is -0.140. The summed E-state index contributed by atoms with van der Waals surface area (Å²) in [6, 6.07) is 16.3. The van der Waals surface area contributed by atoms with Gasteiger partial charge in [0.15, 0.2) is 0 Å². The zero-order chi connectivity index (χ0) is 25.4. The number of benzene rings is 2. The molecule has 6 heteroatoms. The monoisotopic (exact) mass is 494 g/mol. The topological polar surface area (TPSA) is 65.0 Å². The Morgan fingerprint density at radius 3 is 2.72 bits per heavy atom. The molecule has 2 aromatic rings. The van der Waals surface area contributed by atoms with Crippen molar-refractivity contribution in [2.45, 2.75) is 49.7 Å². The summed E-state index contributed by atoms with van der Waals surface area (Å²) < 4.78 is 29.6. The Morgan fingerprint density at radius 2 is 1.97 bits per heavy atom. The van der Waals surface area contributed by atoms with E-state index in [1.54, 1.807) is 18.2 Å². The fourth-order valence-electron chi connectivity index (χ4n) is 5.54. The van der Waals surface area contributed by atoms with Crippen LogP contribution in [-0.4, -0.2) is 43.6 Å². The zero-order valence-electron chi connectivity index (χ0n) is 20.7. The highest BCUT2D eigenvalue weighted by molar-refractivity contribution is 5.69. The Labute approximate surface area is 212 Å². The van der Waals surface area contributed by atoms with Crippen molar-refractivity contribution in [2.24, 2.45) is 11.8 Å². The number of hydrogen-bond donors (Lipinski definition) is 1. The summed E-state index contributed by atoms with van der Waals surface area (Å²) in [5, 5.41) is 10.5. The van der Waals surface area contributed by atoms with Gasteiger partial charge in [0, 0.05) is 17.8 Å². The van der Waals surface area contributed by atoms with E-state index in [2.05, 4.69) is 42.5 Å². The molecule has 2 bridgehead atoms. The number of ether oxygens (including phenoxy) is 3. The second-order valence-electron chi connectivity index (χ2n) is 9.65. The van der Waals surface area contributed by atoms with Gasteiger partial charge in [-0.05, 0) is 61.4 Å². The maximum absolute atomic E-state index is 13.1. The molecule has 5 atom stereocenters. The predicted octanol–water partition coefficient (Wildman–Crippen LogP) is 5.38. The van der Waals surface area contributed by atoms with Gasteiger partial charge in [0.2, 0.25) is 0 Å². The molecule has 2 fully saturated rings. The van der Waals surface area contributed by atoms with Crippen LogP contribution in [0, 0.1) is 17.7 Å². The average Bonchev–Trinajstić information content (AvgIpc) is 3.47. The van der Waals surface area contributed by atoms with Gasteiger partial charge in [-0.2, -0.15) is 0 Å². The van der Waals surface area contributed by atoms with Crippen LogP contribution < -0.4 is 4.74 Å². The van der Waals surface area contributed by atoms with Gasteiger partial charge in [-0.3, -0.25) is 4.79 Å². The van der Waals surface area contributed by atoms with Gasteiger partial charge in [0.05, 0.1) is 19.8 Å². The first-order valence-electron chi connectivity index (χ1n) is 12.7. The van der Waals surface area contributed by atoms with E-state index in [-0.39, 0.29) is 35.8 Å². The molecule has 1 saturated carbocycles. The number of esters is 1. The van der Waals surface area contributed by atoms with E-state index in [0.717, 1.165) is 25.7 Å². The first-order valence-corrected chi connectivity index (χ1v) is 12.7. The Bertz CT molecular complexity index is 1040. The fourth-order valence-corrected chi connectivity index (χ4v) is 5.54. The molecule has 4 rings (SSSR count). The van der Waals surface area contributed by atoms with Gasteiger partial charge in [-0.15, -0.1) is 0 Å². The molecule has 1 N–H and O–H groups in total. The van der Waals surface area contributed by atoms with E-state index in [1.807, 2.05) is 6.07 Å². The summed E-state index contributed by atoms with van der Waals surface area (Å²) in [7, 11) is 1.41. The van der Waals surface area contributed by atoms with Crippen molar-refractivity contribution in [1.82, 2.24) is 0 Å². The van der Waals surface area contributed by atoms with Gasteiger partial charge in [-0.1, -0.05) is 54.6 Å². The van der Waals surface area contributed by atoms with Crippen molar-refractivity contribution in [3.05, 3.63) is 90.3 Å². The van der Waals surface area contributed by atoms with Crippen LogP contribution in [0.1, 0.15) is 37.7 Å². The quantitative estimate of drug-likeness (QED) is 0.244. The molecule has 1 heterocycles. The first kappa shape index (κ1) is 26.1. The first-order chi connectivity index (χ1) is 17.5. The number of methoxy groups -OCH3 is 1. The van der Waals surface area contributed by atoms with Crippen molar-refractivity contribution in [3.63, 3.8) is 0 Å². The highest BCUT2D eigenvalue weighted by Gasteiger charge is 2.58. The number of unbranched alkanes of at least 4 members (excludes halogenated alkanes) is 1. The summed E-state index contributed by atoms with van der Waals surface area (Å²) in [6.45, 7) is 0.790. The summed E-state index contributed by atoms with van der Waals surface area (Å²) in [4.78, 5) is 11.3. The van der Waals surface area contributed by atoms with E-state index >= 15 is 0 Å². The molecule has 2 aromatic carbocycles. The summed E-state index contributed by atoms with van der Waals surface area (Å²) in [5.74, 6) is 0.514. The number of aliphatic hydroxyl groups is 1. The molecule has 1 saturated heterocycles. The second-order valence-corrected chi connectivity index (χ2v) is 9.65. The summed E-state index contributed by atoms with van der Waals surface area (Å²) in [6.07, 6.45) is 11.5. The molecule has 0 unspecified atom stereocenters. The number of hydrogen-bond acceptors (Lipinski definition) is 5. The minimum atomic E-state index is -0.781. The maximum atomic E-state index is 13.1. The van der Waals surface area contributed by atoms with Crippen LogP contribution in [0.2, 0.25) is 0 Å². The Morgan fingerprint density at radius 1 is 1.19 bits per heavy atom. The van der Waals surface area contributed by atoms with Gasteiger partial charge in [0.25, 0.3) is 0 Å². The van der Waals surface area contributed by atoms with Crippen molar-refractivity contribution >= 4 is 5.97 Å². The van der Waals surface area contributed by atoms with Crippen molar-refractivity contribution in [3.8, 4) is 5.75 Å². The van der Waals surface area contributed by atoms with E-state index < -0.39 is 6.10 Å². The fraction of sp³-hybridized carbons (Fsp3) is 0.433. The molecule has 5 nitrogen and oxygen atoms in total. The molecule has 0 radical (unpaired) electrons. The van der Waals surface area contributed by atoms with E-state index in [4.69, 9.17) is 14.2 Å². The van der Waals surface area contributed by atoms with Crippen LogP contribution in [0.4, 0.5) is 4.39 Å². The Balaban J connectivity index is 1.42. The van der Waals surface area contributed by atoms with E-state index in [9.17, 15) is 14.3 Å². The van der Waals surface area contributed by atoms with E-state index in [1.165, 1.54) is 24.8 Å². The average molecular weight is 495 g/mol. The van der Waals surface area contributed by atoms with Gasteiger partial charge >= 0.3 is 5.97 Å². The lowest BCUT2D eigenvalue weighted by Crippen LogP contribution is -2.39. The smallest absolute Gasteiger partial charge is 0.305 e. The molecular formula is C30H35FO5. The van der Waals surface area contributed by atoms with Crippen molar-refractivity contribution < 1.29 is 28.5 Å². The van der Waals surface area contributed by atoms with Gasteiger partial charge in [-0.25, -0.2) is 4.39 Å². The molecule has 1 aliphatic heterocycles. The molecule has 36 heavy (non-hydrogen) atoms. The van der Waals surface area contributed by atoms with Crippen LogP contribution in [0.25, 0.3) is 0 Å². The van der Waals surface area contributed by atoms with Crippen molar-refractivity contribution in [1.29, 1.82) is 0 Å². The molecule has 0 spiro atoms. The lowest BCUT2D eigenvalue weighted by atomic mass is 9.69. The van der Waals surface area contributed by atoms with Crippen molar-refractivity contribution in [2.75, 3.05) is 20.3 Å². The SMILES string of the molecule is COC(=O)CCC/C=C\C[C@H]1[C@H](/C=C/[C@@H](O)COc2ccc(F)cc2)[C@@H]2C[C@@]1(c1ccccc1)CO2. The third-order valence-corrected chi connectivity index (χ3v) is 7.40. The number of aliphatic hydroxyl groups excluding tert-OH is 1.